The van der Waals surface area contributed by atoms with Crippen LogP contribution < -0.4 is 4.90 Å². The molecule has 2 aliphatic rings. The molecule has 322 valence electrons. The van der Waals surface area contributed by atoms with Crippen LogP contribution >= 0.6 is 0 Å². The van der Waals surface area contributed by atoms with Gasteiger partial charge in [-0.25, -0.2) is 4.98 Å². The van der Waals surface area contributed by atoms with Crippen molar-refractivity contribution in [1.29, 1.82) is 5.26 Å². The van der Waals surface area contributed by atoms with Gasteiger partial charge in [-0.2, -0.15) is 5.26 Å². The van der Waals surface area contributed by atoms with Crippen LogP contribution in [-0.4, -0.2) is 21.1 Å². The van der Waals surface area contributed by atoms with Crippen LogP contribution in [0.4, 0.5) is 11.4 Å². The molecule has 5 heteroatoms. The van der Waals surface area contributed by atoms with Crippen molar-refractivity contribution in [2.75, 3.05) is 4.90 Å². The number of nitriles is 1. The van der Waals surface area contributed by atoms with Gasteiger partial charge in [-0.3, -0.25) is 4.98 Å². The number of para-hydroxylation sites is 3. The highest BCUT2D eigenvalue weighted by Gasteiger charge is 2.39. The van der Waals surface area contributed by atoms with E-state index in [-0.39, 0.29) is 28.5 Å². The van der Waals surface area contributed by atoms with Crippen LogP contribution in [0, 0.1) is 11.3 Å². The van der Waals surface area contributed by atoms with E-state index in [9.17, 15) is 10.4 Å². The summed E-state index contributed by atoms with van der Waals surface area (Å²) >= 11 is 0. The van der Waals surface area contributed by atoms with Crippen molar-refractivity contribution < 1.29 is 5.11 Å². The van der Waals surface area contributed by atoms with Gasteiger partial charge in [0, 0.05) is 40.1 Å². The highest BCUT2D eigenvalue weighted by atomic mass is 16.3. The average molecular weight is 857 g/mol. The van der Waals surface area contributed by atoms with Gasteiger partial charge in [0.25, 0.3) is 0 Å². The standard InChI is InChI=1S/C61H52N4O/c1-60(2,3)45-31-43(32-46(37-45)61(4,5)6)44-35-54(64-56(36-44)52-21-11-13-25-58(52)66)42-26-27-48(40-17-14-16-39(30-40)38-62)53(33-42)55-34-41(28-29-63-55)49-22-15-23-51-50-20-10-12-24-57(50)65(59(49)51)47-18-8-7-9-19-47/h7-37,50,57,66H,1-6H3. The molecule has 0 amide bonds. The van der Waals surface area contributed by atoms with E-state index in [0.29, 0.717) is 16.8 Å². The monoisotopic (exact) mass is 856 g/mol. The summed E-state index contributed by atoms with van der Waals surface area (Å²) < 4.78 is 0. The fraction of sp³-hybridized carbons (Fsp3) is 0.164. The van der Waals surface area contributed by atoms with Crippen molar-refractivity contribution >= 4 is 11.4 Å². The summed E-state index contributed by atoms with van der Waals surface area (Å²) in [5, 5.41) is 21.2. The van der Waals surface area contributed by atoms with Gasteiger partial charge in [-0.15, -0.1) is 0 Å². The average Bonchev–Trinajstić information content (AvgIpc) is 3.68. The molecule has 3 heterocycles. The van der Waals surface area contributed by atoms with Crippen molar-refractivity contribution in [3.05, 3.63) is 210 Å². The Morgan fingerprint density at radius 3 is 1.95 bits per heavy atom. The molecule has 0 spiro atoms. The Morgan fingerprint density at radius 1 is 0.530 bits per heavy atom. The lowest BCUT2D eigenvalue weighted by Gasteiger charge is -2.29. The molecule has 0 saturated heterocycles. The fourth-order valence-electron chi connectivity index (χ4n) is 9.50. The number of rotatable bonds is 7. The first-order valence-electron chi connectivity index (χ1n) is 22.7. The maximum Gasteiger partial charge on any atom is 0.124 e. The smallest absolute Gasteiger partial charge is 0.124 e. The van der Waals surface area contributed by atoms with Crippen molar-refractivity contribution in [2.45, 2.75) is 64.3 Å². The van der Waals surface area contributed by atoms with Crippen LogP contribution in [0.1, 0.15) is 69.7 Å². The molecular formula is C61H52N4O. The minimum absolute atomic E-state index is 0.0759. The summed E-state index contributed by atoms with van der Waals surface area (Å²) in [5.41, 5.74) is 17.5. The second-order valence-corrected chi connectivity index (χ2v) is 19.6. The Morgan fingerprint density at radius 2 is 1.20 bits per heavy atom. The zero-order valence-electron chi connectivity index (χ0n) is 38.3. The minimum atomic E-state index is -0.0759. The predicted molar refractivity (Wildman–Crippen MR) is 272 cm³/mol. The first-order chi connectivity index (χ1) is 31.8. The molecule has 0 fully saturated rings. The summed E-state index contributed by atoms with van der Waals surface area (Å²) in [6.45, 7) is 13.5. The van der Waals surface area contributed by atoms with Crippen molar-refractivity contribution in [1.82, 2.24) is 9.97 Å². The van der Waals surface area contributed by atoms with E-state index in [1.165, 1.54) is 22.4 Å². The third-order valence-corrected chi connectivity index (χ3v) is 13.1. The fourth-order valence-corrected chi connectivity index (χ4v) is 9.50. The van der Waals surface area contributed by atoms with Crippen molar-refractivity contribution in [3.63, 3.8) is 0 Å². The third kappa shape index (κ3) is 7.90. The lowest BCUT2D eigenvalue weighted by atomic mass is 9.79. The lowest BCUT2D eigenvalue weighted by Crippen LogP contribution is -2.28. The highest BCUT2D eigenvalue weighted by Crippen LogP contribution is 2.52. The molecule has 0 bridgehead atoms. The van der Waals surface area contributed by atoms with Crippen LogP contribution in [-0.2, 0) is 10.8 Å². The zero-order valence-corrected chi connectivity index (χ0v) is 38.3. The van der Waals surface area contributed by atoms with Gasteiger partial charge >= 0.3 is 0 Å². The first kappa shape index (κ1) is 42.2. The van der Waals surface area contributed by atoms with E-state index in [2.05, 4.69) is 192 Å². The third-order valence-electron chi connectivity index (χ3n) is 13.1. The Hall–Kier alpha value is -7.81. The number of anilines is 2. The second kappa shape index (κ2) is 16.6. The van der Waals surface area contributed by atoms with Gasteiger partial charge in [0.1, 0.15) is 5.75 Å². The van der Waals surface area contributed by atoms with E-state index in [1.54, 1.807) is 6.07 Å². The van der Waals surface area contributed by atoms with Crippen LogP contribution in [0.15, 0.2) is 188 Å². The number of aromatic nitrogens is 2. The van der Waals surface area contributed by atoms with Gasteiger partial charge in [-0.1, -0.05) is 157 Å². The maximum absolute atomic E-state index is 11.2. The summed E-state index contributed by atoms with van der Waals surface area (Å²) in [6, 6.07) is 56.9. The summed E-state index contributed by atoms with van der Waals surface area (Å²) in [6.07, 6.45) is 10.9. The molecule has 0 radical (unpaired) electrons. The number of nitrogens with zero attached hydrogens (tertiary/aromatic N) is 4. The van der Waals surface area contributed by atoms with Crippen LogP contribution in [0.5, 0.6) is 5.75 Å². The normalized spacial score (nSPS) is 15.3. The van der Waals surface area contributed by atoms with E-state index in [4.69, 9.17) is 9.97 Å². The number of hydrogen-bond acceptors (Lipinski definition) is 5. The summed E-state index contributed by atoms with van der Waals surface area (Å²) in [7, 11) is 0. The SMILES string of the molecule is CC(C)(C)c1cc(-c2cc(-c3ccc(-c4cccc(C#N)c4)c(-c4cc(-c5cccc6c5N(c5ccccc5)C5C=CC=CC65)ccn4)c3)nc(-c3ccccc3O)c2)cc(C(C)(C)C)c1. The van der Waals surface area contributed by atoms with E-state index < -0.39 is 0 Å². The molecule has 6 aromatic carbocycles. The minimum Gasteiger partial charge on any atom is -0.507 e. The largest absolute Gasteiger partial charge is 0.507 e. The molecule has 2 aromatic heterocycles. The number of benzene rings is 6. The van der Waals surface area contributed by atoms with E-state index in [0.717, 1.165) is 61.6 Å². The van der Waals surface area contributed by atoms with Gasteiger partial charge in [0.05, 0.1) is 40.4 Å². The Labute approximate surface area is 388 Å². The molecule has 0 saturated carbocycles. The van der Waals surface area contributed by atoms with Gasteiger partial charge < -0.3 is 10.0 Å². The number of aromatic hydroxyl groups is 1. The first-order valence-corrected chi connectivity index (χ1v) is 22.7. The molecule has 8 aromatic rings. The Bertz CT molecular complexity index is 3240. The topological polar surface area (TPSA) is 73.0 Å². The highest BCUT2D eigenvalue weighted by molar-refractivity contribution is 5.92. The Balaban J connectivity index is 1.17. The molecule has 1 aliphatic carbocycles. The maximum atomic E-state index is 11.2. The molecule has 2 atom stereocenters. The molecule has 1 aliphatic heterocycles. The van der Waals surface area contributed by atoms with Gasteiger partial charge in [-0.05, 0) is 122 Å². The Kier molecular flexibility index (Phi) is 10.6. The number of allylic oxidation sites excluding steroid dienone is 2. The van der Waals surface area contributed by atoms with Crippen LogP contribution in [0.3, 0.4) is 0 Å². The van der Waals surface area contributed by atoms with Crippen molar-refractivity contribution in [2.24, 2.45) is 0 Å². The molecular weight excluding hydrogens is 805 g/mol. The number of phenols is 1. The van der Waals surface area contributed by atoms with E-state index >= 15 is 0 Å². The number of phenolic OH excluding ortho intramolecular Hbond substituents is 1. The van der Waals surface area contributed by atoms with E-state index in [1.807, 2.05) is 42.6 Å². The predicted octanol–water partition coefficient (Wildman–Crippen LogP) is 15.4. The summed E-state index contributed by atoms with van der Waals surface area (Å²) in [4.78, 5) is 12.9. The van der Waals surface area contributed by atoms with Crippen LogP contribution in [0.25, 0.3) is 67.2 Å². The quantitative estimate of drug-likeness (QED) is 0.173. The molecule has 2 unspecified atom stereocenters. The number of fused-ring (bicyclic) bond motifs is 3. The van der Waals surface area contributed by atoms with Crippen LogP contribution in [0.2, 0.25) is 0 Å². The zero-order chi connectivity index (χ0) is 45.7. The number of pyridine rings is 2. The second-order valence-electron chi connectivity index (χ2n) is 19.6. The van der Waals surface area contributed by atoms with Gasteiger partial charge in [0.2, 0.25) is 0 Å². The number of hydrogen-bond donors (Lipinski definition) is 1. The summed E-state index contributed by atoms with van der Waals surface area (Å²) in [5.74, 6) is 0.398. The molecule has 66 heavy (non-hydrogen) atoms. The van der Waals surface area contributed by atoms with Gasteiger partial charge in [0.15, 0.2) is 0 Å². The molecule has 1 N–H and O–H groups in total. The lowest BCUT2D eigenvalue weighted by molar-refractivity contribution is 0.477. The van der Waals surface area contributed by atoms with Crippen molar-refractivity contribution in [3.8, 4) is 79.0 Å². The molecule has 5 nitrogen and oxygen atoms in total. The molecule has 10 rings (SSSR count).